The minimum atomic E-state index is 0.914. The van der Waals surface area contributed by atoms with Crippen LogP contribution in [0, 0.1) is 0 Å². The number of nitrogens with zero attached hydrogens (tertiary/aromatic N) is 6. The second-order valence-corrected chi connectivity index (χ2v) is 9.25. The SMILES string of the molecule is Cn1c(-c2cc(-c3nc4ccccc4n3C)cc(-c3nc4ccccc4n3C)c2)nc2ccccc21. The fourth-order valence-corrected chi connectivity index (χ4v) is 5.23. The summed E-state index contributed by atoms with van der Waals surface area (Å²) >= 11 is 0. The van der Waals surface area contributed by atoms with Crippen LogP contribution in [0.1, 0.15) is 0 Å². The molecule has 0 aliphatic carbocycles. The van der Waals surface area contributed by atoms with Crippen molar-refractivity contribution in [2.45, 2.75) is 0 Å². The maximum absolute atomic E-state index is 4.99. The van der Waals surface area contributed by atoms with E-state index in [1.807, 2.05) is 18.2 Å². The normalized spacial score (nSPS) is 11.8. The summed E-state index contributed by atoms with van der Waals surface area (Å²) in [6, 6.07) is 31.3. The molecule has 3 aromatic heterocycles. The van der Waals surface area contributed by atoms with E-state index in [4.69, 9.17) is 15.0 Å². The number of hydrogen-bond donors (Lipinski definition) is 0. The number of hydrogen-bond acceptors (Lipinski definition) is 3. The van der Waals surface area contributed by atoms with Crippen LogP contribution in [0.25, 0.3) is 67.3 Å². The molecule has 0 aliphatic heterocycles. The van der Waals surface area contributed by atoms with E-state index in [0.717, 1.165) is 67.3 Å². The first kappa shape index (κ1) is 20.6. The smallest absolute Gasteiger partial charge is 0.140 e. The van der Waals surface area contributed by atoms with Crippen LogP contribution >= 0.6 is 0 Å². The number of imidazole rings is 3. The van der Waals surface area contributed by atoms with Crippen molar-refractivity contribution in [2.75, 3.05) is 0 Å². The lowest BCUT2D eigenvalue weighted by Gasteiger charge is -2.11. The predicted octanol–water partition coefficient (Wildman–Crippen LogP) is 6.35. The molecule has 0 atom stereocenters. The summed E-state index contributed by atoms with van der Waals surface area (Å²) in [5, 5.41) is 0. The maximum atomic E-state index is 4.99. The number of benzene rings is 4. The van der Waals surface area contributed by atoms with Crippen molar-refractivity contribution >= 4 is 33.1 Å². The summed E-state index contributed by atoms with van der Waals surface area (Å²) in [4.78, 5) is 15.0. The molecule has 0 N–H and O–H groups in total. The van der Waals surface area contributed by atoms with Crippen LogP contribution in [-0.2, 0) is 21.1 Å². The Morgan fingerprint density at radius 2 is 0.694 bits per heavy atom. The fourth-order valence-electron chi connectivity index (χ4n) is 5.23. The van der Waals surface area contributed by atoms with Gasteiger partial charge in [0.15, 0.2) is 0 Å². The van der Waals surface area contributed by atoms with Crippen LogP contribution < -0.4 is 0 Å². The number of para-hydroxylation sites is 6. The lowest BCUT2D eigenvalue weighted by Crippen LogP contribution is -1.98. The molecule has 0 fully saturated rings. The Morgan fingerprint density at radius 1 is 0.417 bits per heavy atom. The standard InChI is InChI=1S/C30H24N6/c1-34-25-13-7-4-10-22(25)31-28(34)19-16-20(29-32-23-11-5-8-14-26(23)35(29)2)18-21(17-19)30-33-24-12-6-9-15-27(24)36(30)3/h4-18H,1-3H3. The summed E-state index contributed by atoms with van der Waals surface area (Å²) in [7, 11) is 6.21. The molecule has 174 valence electrons. The first-order valence-corrected chi connectivity index (χ1v) is 12.0. The lowest BCUT2D eigenvalue weighted by atomic mass is 10.0. The number of fused-ring (bicyclic) bond motifs is 3. The number of aryl methyl sites for hydroxylation is 3. The van der Waals surface area contributed by atoms with Gasteiger partial charge in [-0.1, -0.05) is 36.4 Å². The van der Waals surface area contributed by atoms with Crippen molar-refractivity contribution < 1.29 is 0 Å². The molecule has 0 unspecified atom stereocenters. The van der Waals surface area contributed by atoms with E-state index < -0.39 is 0 Å². The molecule has 3 heterocycles. The molecule has 0 aliphatic rings. The molecule has 0 bridgehead atoms. The molecule has 0 spiro atoms. The predicted molar refractivity (Wildman–Crippen MR) is 146 cm³/mol. The van der Waals surface area contributed by atoms with Gasteiger partial charge < -0.3 is 13.7 Å². The summed E-state index contributed by atoms with van der Waals surface area (Å²) < 4.78 is 6.46. The van der Waals surface area contributed by atoms with Gasteiger partial charge in [0.1, 0.15) is 17.5 Å². The highest BCUT2D eigenvalue weighted by Gasteiger charge is 2.18. The van der Waals surface area contributed by atoms with E-state index in [1.165, 1.54) is 0 Å². The monoisotopic (exact) mass is 468 g/mol. The van der Waals surface area contributed by atoms with Crippen molar-refractivity contribution in [3.63, 3.8) is 0 Å². The van der Waals surface area contributed by atoms with Gasteiger partial charge in [0, 0.05) is 37.8 Å². The molecule has 6 heteroatoms. The first-order chi connectivity index (χ1) is 17.6. The fraction of sp³-hybridized carbons (Fsp3) is 0.100. The van der Waals surface area contributed by atoms with Crippen LogP contribution in [0.5, 0.6) is 0 Å². The van der Waals surface area contributed by atoms with Gasteiger partial charge in [-0.05, 0) is 54.6 Å². The van der Waals surface area contributed by atoms with E-state index >= 15 is 0 Å². The van der Waals surface area contributed by atoms with Crippen LogP contribution in [0.3, 0.4) is 0 Å². The maximum Gasteiger partial charge on any atom is 0.140 e. The highest BCUT2D eigenvalue weighted by molar-refractivity contribution is 5.87. The van der Waals surface area contributed by atoms with E-state index in [0.29, 0.717) is 0 Å². The largest absolute Gasteiger partial charge is 0.327 e. The van der Waals surface area contributed by atoms with E-state index in [2.05, 4.69) is 108 Å². The lowest BCUT2D eigenvalue weighted by molar-refractivity contribution is 0.949. The molecule has 7 rings (SSSR count). The quantitative estimate of drug-likeness (QED) is 0.304. The summed E-state index contributed by atoms with van der Waals surface area (Å²) in [5.74, 6) is 2.74. The zero-order chi connectivity index (χ0) is 24.4. The minimum Gasteiger partial charge on any atom is -0.327 e. The first-order valence-electron chi connectivity index (χ1n) is 12.0. The van der Waals surface area contributed by atoms with Gasteiger partial charge in [-0.25, -0.2) is 15.0 Å². The molecule has 36 heavy (non-hydrogen) atoms. The number of aromatic nitrogens is 6. The Labute approximate surface area is 208 Å². The molecule has 0 amide bonds. The van der Waals surface area contributed by atoms with Gasteiger partial charge in [0.2, 0.25) is 0 Å². The van der Waals surface area contributed by atoms with Crippen LogP contribution in [0.2, 0.25) is 0 Å². The highest BCUT2D eigenvalue weighted by atomic mass is 15.1. The van der Waals surface area contributed by atoms with E-state index in [9.17, 15) is 0 Å². The minimum absolute atomic E-state index is 0.914. The summed E-state index contributed by atoms with van der Waals surface area (Å²) in [6.45, 7) is 0. The summed E-state index contributed by atoms with van der Waals surface area (Å²) in [5.41, 5.74) is 9.33. The molecule has 0 saturated heterocycles. The molecule has 6 nitrogen and oxygen atoms in total. The molecule has 4 aromatic carbocycles. The third-order valence-corrected chi connectivity index (χ3v) is 7.07. The molecular formula is C30H24N6. The topological polar surface area (TPSA) is 53.5 Å². The highest BCUT2D eigenvalue weighted by Crippen LogP contribution is 2.34. The Balaban J connectivity index is 1.52. The van der Waals surface area contributed by atoms with Crippen LogP contribution in [0.4, 0.5) is 0 Å². The average Bonchev–Trinajstić information content (AvgIpc) is 3.56. The third-order valence-electron chi connectivity index (χ3n) is 7.07. The van der Waals surface area contributed by atoms with Crippen molar-refractivity contribution in [2.24, 2.45) is 21.1 Å². The van der Waals surface area contributed by atoms with Crippen LogP contribution in [0.15, 0.2) is 91.0 Å². The Kier molecular flexibility index (Phi) is 4.39. The molecule has 0 radical (unpaired) electrons. The molecule has 7 aromatic rings. The van der Waals surface area contributed by atoms with Crippen molar-refractivity contribution in [1.82, 2.24) is 28.7 Å². The second-order valence-electron chi connectivity index (χ2n) is 9.25. The third kappa shape index (κ3) is 3.01. The van der Waals surface area contributed by atoms with Gasteiger partial charge in [0.25, 0.3) is 0 Å². The zero-order valence-corrected chi connectivity index (χ0v) is 20.3. The number of rotatable bonds is 3. The van der Waals surface area contributed by atoms with E-state index in [1.54, 1.807) is 0 Å². The van der Waals surface area contributed by atoms with Gasteiger partial charge in [-0.2, -0.15) is 0 Å². The van der Waals surface area contributed by atoms with Crippen molar-refractivity contribution in [1.29, 1.82) is 0 Å². The Hall–Kier alpha value is -4.71. The van der Waals surface area contributed by atoms with Crippen LogP contribution in [-0.4, -0.2) is 28.7 Å². The second kappa shape index (κ2) is 7.65. The van der Waals surface area contributed by atoms with Gasteiger partial charge in [-0.15, -0.1) is 0 Å². The van der Waals surface area contributed by atoms with E-state index in [-0.39, 0.29) is 0 Å². The van der Waals surface area contributed by atoms with Gasteiger partial charge >= 0.3 is 0 Å². The summed E-state index contributed by atoms with van der Waals surface area (Å²) in [6.07, 6.45) is 0. The van der Waals surface area contributed by atoms with Gasteiger partial charge in [0.05, 0.1) is 33.1 Å². The van der Waals surface area contributed by atoms with Gasteiger partial charge in [-0.3, -0.25) is 0 Å². The van der Waals surface area contributed by atoms with Crippen molar-refractivity contribution in [3.05, 3.63) is 91.0 Å². The average molecular weight is 469 g/mol. The molecular weight excluding hydrogens is 444 g/mol. The Morgan fingerprint density at radius 3 is 0.972 bits per heavy atom. The van der Waals surface area contributed by atoms with Crippen molar-refractivity contribution in [3.8, 4) is 34.2 Å². The Bertz CT molecular complexity index is 1700. The zero-order valence-electron chi connectivity index (χ0n) is 20.3. The molecule has 0 saturated carbocycles.